The second-order valence-corrected chi connectivity index (χ2v) is 13.1. The zero-order valence-corrected chi connectivity index (χ0v) is 29.3. The van der Waals surface area contributed by atoms with Crippen molar-refractivity contribution in [2.75, 3.05) is 6.54 Å². The van der Waals surface area contributed by atoms with Gasteiger partial charge in [-0.25, -0.2) is 0 Å². The van der Waals surface area contributed by atoms with Crippen molar-refractivity contribution in [1.29, 1.82) is 0 Å². The molecule has 0 aliphatic heterocycles. The van der Waals surface area contributed by atoms with Crippen LogP contribution in [0, 0.1) is 11.8 Å². The van der Waals surface area contributed by atoms with Gasteiger partial charge in [0, 0.05) is 0 Å². The molecule has 1 aromatic carbocycles. The largest absolute Gasteiger partial charge is 0.508 e. The van der Waals surface area contributed by atoms with E-state index in [0.29, 0.717) is 5.56 Å². The van der Waals surface area contributed by atoms with Gasteiger partial charge in [-0.15, -0.1) is 0 Å². The van der Waals surface area contributed by atoms with Gasteiger partial charge in [-0.05, 0) is 56.7 Å². The number of aromatic hydroxyl groups is 1. The second kappa shape index (κ2) is 19.1. The Morgan fingerprint density at radius 3 is 1.76 bits per heavy atom. The number of nitrogens with one attached hydrogen (secondary N) is 6. The highest BCUT2D eigenvalue weighted by molar-refractivity contribution is 5.99. The van der Waals surface area contributed by atoms with Gasteiger partial charge in [-0.3, -0.25) is 38.4 Å². The van der Waals surface area contributed by atoms with Crippen LogP contribution in [0.25, 0.3) is 0 Å². The van der Waals surface area contributed by atoms with E-state index in [0.717, 1.165) is 0 Å². The lowest BCUT2D eigenvalue weighted by atomic mass is 9.98. The Labute approximate surface area is 290 Å². The number of phenols is 1. The van der Waals surface area contributed by atoms with Crippen LogP contribution >= 0.6 is 0 Å². The highest BCUT2D eigenvalue weighted by Gasteiger charge is 2.37. The number of carbonyl (C=O) groups excluding carboxylic acids is 7. The standard InChI is InChI=1S/C32H50N8O10/c1-15(2)24(29(48)35-14-22(34)42)39-30(49)25(16(3)4)38-28(47)21(13-23(43)44)37-31(50)32(6,7)40-26(45)17(5)36-27(46)20(33)12-18-8-10-19(41)11-9-18/h8-11,15-17,20-21,24-25,41H,12-14,33H2,1-7H3,(H2,34,42)(H,35,48)(H,36,46)(H,37,50)(H,38,47)(H,39,49)(H,40,45)(H,43,44)/t17-,20+,21+,24+,25+/m1/s1. The Morgan fingerprint density at radius 1 is 0.740 bits per heavy atom. The van der Waals surface area contributed by atoms with Gasteiger partial charge >= 0.3 is 5.97 Å². The number of rotatable bonds is 19. The lowest BCUT2D eigenvalue weighted by Crippen LogP contribution is -2.63. The summed E-state index contributed by atoms with van der Waals surface area (Å²) < 4.78 is 0. The fraction of sp³-hybridized carbons (Fsp3) is 0.562. The fourth-order valence-corrected chi connectivity index (χ4v) is 4.41. The zero-order chi connectivity index (χ0) is 38.5. The average Bonchev–Trinajstić information content (AvgIpc) is 3.00. The molecule has 0 radical (unpaired) electrons. The maximum absolute atomic E-state index is 13.3. The van der Waals surface area contributed by atoms with Gasteiger partial charge in [0.25, 0.3) is 0 Å². The predicted octanol–water partition coefficient (Wildman–Crippen LogP) is -2.50. The molecule has 278 valence electrons. The summed E-state index contributed by atoms with van der Waals surface area (Å²) in [7, 11) is 0. The first-order valence-corrected chi connectivity index (χ1v) is 15.9. The normalized spacial score (nSPS) is 14.3. The third-order valence-corrected chi connectivity index (χ3v) is 7.42. The van der Waals surface area contributed by atoms with Gasteiger partial charge in [0.1, 0.15) is 35.5 Å². The summed E-state index contributed by atoms with van der Waals surface area (Å²) in [5, 5.41) is 33.3. The smallest absolute Gasteiger partial charge is 0.305 e. The Hall–Kier alpha value is -5.26. The summed E-state index contributed by atoms with van der Waals surface area (Å²) in [5.41, 5.74) is 9.98. The molecule has 0 aliphatic rings. The van der Waals surface area contributed by atoms with E-state index in [1.165, 1.54) is 32.9 Å². The summed E-state index contributed by atoms with van der Waals surface area (Å²) >= 11 is 0. The Morgan fingerprint density at radius 2 is 1.26 bits per heavy atom. The molecule has 0 saturated carbocycles. The maximum Gasteiger partial charge on any atom is 0.305 e. The Bertz CT molecular complexity index is 1410. The molecular weight excluding hydrogens is 656 g/mol. The van der Waals surface area contributed by atoms with Crippen LogP contribution in [0.3, 0.4) is 0 Å². The minimum absolute atomic E-state index is 0.0452. The minimum atomic E-state index is -1.72. The molecule has 0 aromatic heterocycles. The van der Waals surface area contributed by atoms with E-state index in [-0.39, 0.29) is 12.2 Å². The molecule has 0 spiro atoms. The van der Waals surface area contributed by atoms with Gasteiger partial charge in [-0.1, -0.05) is 39.8 Å². The SMILES string of the molecule is CC(C)[C@H](NC(=O)[C@H](CC(=O)O)NC(=O)C(C)(C)NC(=O)[C@@H](C)NC(=O)[C@@H](N)Cc1ccc(O)cc1)C(=O)N[C@H](C(=O)NCC(N)=O)C(C)C. The monoisotopic (exact) mass is 706 g/mol. The number of nitrogens with two attached hydrogens (primary N) is 2. The number of hydrogen-bond acceptors (Lipinski definition) is 10. The molecular formula is C32H50N8O10. The number of hydrogen-bond donors (Lipinski definition) is 10. The predicted molar refractivity (Wildman–Crippen MR) is 180 cm³/mol. The van der Waals surface area contributed by atoms with E-state index < -0.39 is 108 Å². The van der Waals surface area contributed by atoms with Crippen LogP contribution in [0.2, 0.25) is 0 Å². The molecule has 0 bridgehead atoms. The number of phenolic OH excluding ortho intramolecular Hbond substituents is 1. The number of benzene rings is 1. The summed E-state index contributed by atoms with van der Waals surface area (Å²) in [6.45, 7) is 9.94. The third-order valence-electron chi connectivity index (χ3n) is 7.42. The highest BCUT2D eigenvalue weighted by atomic mass is 16.4. The maximum atomic E-state index is 13.3. The van der Waals surface area contributed by atoms with E-state index >= 15 is 0 Å². The van der Waals surface area contributed by atoms with E-state index in [2.05, 4.69) is 31.9 Å². The van der Waals surface area contributed by atoms with Gasteiger partial charge in [0.05, 0.1) is 19.0 Å². The molecule has 0 heterocycles. The summed E-state index contributed by atoms with van der Waals surface area (Å²) in [4.78, 5) is 101. The van der Waals surface area contributed by atoms with Gasteiger partial charge in [-0.2, -0.15) is 0 Å². The van der Waals surface area contributed by atoms with E-state index in [4.69, 9.17) is 11.5 Å². The van der Waals surface area contributed by atoms with Gasteiger partial charge in [0.2, 0.25) is 41.4 Å². The van der Waals surface area contributed by atoms with Crippen molar-refractivity contribution in [3.63, 3.8) is 0 Å². The first-order chi connectivity index (χ1) is 23.0. The van der Waals surface area contributed by atoms with Crippen LogP contribution in [0.1, 0.15) is 60.5 Å². The molecule has 18 heteroatoms. The summed E-state index contributed by atoms with van der Waals surface area (Å²) in [6, 6.07) is -0.211. The first kappa shape index (κ1) is 42.8. The van der Waals surface area contributed by atoms with Crippen molar-refractivity contribution < 1.29 is 48.6 Å². The Balaban J connectivity index is 2.97. The number of primary amides is 1. The van der Waals surface area contributed by atoms with Gasteiger partial charge in [0.15, 0.2) is 0 Å². The highest BCUT2D eigenvalue weighted by Crippen LogP contribution is 2.12. The molecule has 0 aliphatic carbocycles. The topological polar surface area (TPSA) is 301 Å². The molecule has 0 fully saturated rings. The lowest BCUT2D eigenvalue weighted by Gasteiger charge is -2.30. The molecule has 50 heavy (non-hydrogen) atoms. The van der Waals surface area contributed by atoms with Crippen molar-refractivity contribution in [3.8, 4) is 5.75 Å². The zero-order valence-electron chi connectivity index (χ0n) is 29.3. The van der Waals surface area contributed by atoms with Crippen molar-refractivity contribution >= 4 is 47.3 Å². The molecule has 1 rings (SSSR count). The van der Waals surface area contributed by atoms with Crippen molar-refractivity contribution in [2.45, 2.75) is 97.1 Å². The van der Waals surface area contributed by atoms with Crippen LogP contribution in [0.5, 0.6) is 5.75 Å². The quantitative estimate of drug-likeness (QED) is 0.0717. The number of carboxylic acids is 1. The van der Waals surface area contributed by atoms with E-state index in [1.807, 2.05) is 0 Å². The molecule has 12 N–H and O–H groups in total. The molecule has 5 atom stereocenters. The van der Waals surface area contributed by atoms with Crippen LogP contribution in [0.4, 0.5) is 0 Å². The number of carbonyl (C=O) groups is 8. The van der Waals surface area contributed by atoms with Gasteiger partial charge < -0.3 is 53.6 Å². The van der Waals surface area contributed by atoms with Crippen molar-refractivity contribution in [2.24, 2.45) is 23.3 Å². The average molecular weight is 707 g/mol. The van der Waals surface area contributed by atoms with Crippen LogP contribution in [-0.4, -0.2) is 99.8 Å². The van der Waals surface area contributed by atoms with E-state index in [1.54, 1.807) is 39.8 Å². The molecule has 18 nitrogen and oxygen atoms in total. The molecule has 0 saturated heterocycles. The molecule has 1 aromatic rings. The molecule has 7 amide bonds. The van der Waals surface area contributed by atoms with Crippen LogP contribution < -0.4 is 43.4 Å². The summed E-state index contributed by atoms with van der Waals surface area (Å²) in [6.07, 6.45) is -0.769. The van der Waals surface area contributed by atoms with Crippen molar-refractivity contribution in [1.82, 2.24) is 31.9 Å². The Kier molecular flexibility index (Phi) is 16.3. The minimum Gasteiger partial charge on any atom is -0.508 e. The van der Waals surface area contributed by atoms with E-state index in [9.17, 15) is 48.6 Å². The van der Waals surface area contributed by atoms with Crippen LogP contribution in [0.15, 0.2) is 24.3 Å². The third kappa shape index (κ3) is 14.1. The van der Waals surface area contributed by atoms with Crippen LogP contribution in [-0.2, 0) is 44.8 Å². The first-order valence-electron chi connectivity index (χ1n) is 15.9. The molecule has 0 unspecified atom stereocenters. The van der Waals surface area contributed by atoms with Crippen molar-refractivity contribution in [3.05, 3.63) is 29.8 Å². The number of carboxylic acid groups (broad SMARTS) is 1. The fourth-order valence-electron chi connectivity index (χ4n) is 4.41. The second-order valence-electron chi connectivity index (χ2n) is 13.1. The number of aliphatic carboxylic acids is 1. The summed E-state index contributed by atoms with van der Waals surface area (Å²) in [5.74, 6) is -8.11. The lowest BCUT2D eigenvalue weighted by molar-refractivity contribution is -0.142. The number of amides is 7.